The highest BCUT2D eigenvalue weighted by Gasteiger charge is 2.33. The van der Waals surface area contributed by atoms with Crippen LogP contribution in [0.4, 0.5) is 0 Å². The van der Waals surface area contributed by atoms with E-state index in [1.807, 2.05) is 35.2 Å². The summed E-state index contributed by atoms with van der Waals surface area (Å²) in [5.74, 6) is -0.923. The number of carbonyl (C=O) groups is 2. The number of amides is 1. The molecule has 0 aliphatic carbocycles. The second kappa shape index (κ2) is 5.84. The summed E-state index contributed by atoms with van der Waals surface area (Å²) in [6, 6.07) is 8.60. The van der Waals surface area contributed by atoms with Gasteiger partial charge in [0, 0.05) is 26.1 Å². The Labute approximate surface area is 112 Å². The zero-order chi connectivity index (χ0) is 13.8. The summed E-state index contributed by atoms with van der Waals surface area (Å²) in [5.41, 5.74) is 0.776. The molecule has 1 aromatic carbocycles. The van der Waals surface area contributed by atoms with Gasteiger partial charge in [0.25, 0.3) is 0 Å². The molecular weight excluding hydrogens is 244 g/mol. The van der Waals surface area contributed by atoms with Crippen molar-refractivity contribution in [2.45, 2.75) is 25.4 Å². The van der Waals surface area contributed by atoms with Gasteiger partial charge in [-0.2, -0.15) is 0 Å². The molecule has 5 nitrogen and oxygen atoms in total. The lowest BCUT2D eigenvalue weighted by atomic mass is 10.1. The number of nitrogens with one attached hydrogen (secondary N) is 1. The third-order valence-corrected chi connectivity index (χ3v) is 3.34. The van der Waals surface area contributed by atoms with Gasteiger partial charge in [0.05, 0.1) is 0 Å². The fourth-order valence-corrected chi connectivity index (χ4v) is 2.57. The predicted octanol–water partition coefficient (Wildman–Crippen LogP) is 1.02. The molecule has 19 heavy (non-hydrogen) atoms. The van der Waals surface area contributed by atoms with E-state index in [0.717, 1.165) is 12.0 Å². The molecule has 1 heterocycles. The molecule has 2 atom stereocenters. The second-order valence-corrected chi connectivity index (χ2v) is 4.83. The highest BCUT2D eigenvalue weighted by Crippen LogP contribution is 2.25. The van der Waals surface area contributed by atoms with Gasteiger partial charge in [-0.3, -0.25) is 14.5 Å². The molecule has 1 saturated heterocycles. The topological polar surface area (TPSA) is 69.6 Å². The Morgan fingerprint density at radius 2 is 2.05 bits per heavy atom. The van der Waals surface area contributed by atoms with E-state index in [4.69, 9.17) is 0 Å². The van der Waals surface area contributed by atoms with Crippen LogP contribution in [-0.2, 0) is 9.59 Å². The van der Waals surface area contributed by atoms with Crippen molar-refractivity contribution in [2.75, 3.05) is 13.1 Å². The van der Waals surface area contributed by atoms with Crippen molar-refractivity contribution in [3.05, 3.63) is 35.9 Å². The minimum absolute atomic E-state index is 0.0445. The number of hydrogen-bond donors (Lipinski definition) is 2. The molecule has 1 fully saturated rings. The van der Waals surface area contributed by atoms with Crippen LogP contribution in [0.15, 0.2) is 30.3 Å². The van der Waals surface area contributed by atoms with Gasteiger partial charge in [-0.05, 0) is 12.0 Å². The SMILES string of the molecule is CC(=O)NC1CCN(C(C(=O)O)c2ccccc2)C1. The maximum atomic E-state index is 11.5. The number of nitrogens with zero attached hydrogens (tertiary/aromatic N) is 1. The van der Waals surface area contributed by atoms with Crippen molar-refractivity contribution >= 4 is 11.9 Å². The van der Waals surface area contributed by atoms with E-state index in [2.05, 4.69) is 5.32 Å². The van der Waals surface area contributed by atoms with Gasteiger partial charge in [0.15, 0.2) is 0 Å². The Morgan fingerprint density at radius 3 is 2.63 bits per heavy atom. The normalized spacial score (nSPS) is 21.0. The van der Waals surface area contributed by atoms with Crippen LogP contribution in [0.3, 0.4) is 0 Å². The number of carbonyl (C=O) groups excluding carboxylic acids is 1. The molecule has 0 radical (unpaired) electrons. The summed E-state index contributed by atoms with van der Waals surface area (Å²) in [6.45, 7) is 2.73. The average Bonchev–Trinajstić information content (AvgIpc) is 2.77. The third-order valence-electron chi connectivity index (χ3n) is 3.34. The number of carboxylic acid groups (broad SMARTS) is 1. The predicted molar refractivity (Wildman–Crippen MR) is 70.6 cm³/mol. The van der Waals surface area contributed by atoms with Gasteiger partial charge < -0.3 is 10.4 Å². The molecule has 0 saturated carbocycles. The summed E-state index contributed by atoms with van der Waals surface area (Å²) in [6.07, 6.45) is 0.788. The van der Waals surface area contributed by atoms with Gasteiger partial charge in [-0.15, -0.1) is 0 Å². The molecule has 102 valence electrons. The monoisotopic (exact) mass is 262 g/mol. The molecule has 1 aromatic rings. The highest BCUT2D eigenvalue weighted by atomic mass is 16.4. The number of benzene rings is 1. The lowest BCUT2D eigenvalue weighted by Crippen LogP contribution is -2.38. The summed E-state index contributed by atoms with van der Waals surface area (Å²) in [5, 5.41) is 12.3. The smallest absolute Gasteiger partial charge is 0.325 e. The molecule has 1 amide bonds. The van der Waals surface area contributed by atoms with E-state index in [1.165, 1.54) is 6.92 Å². The summed E-state index contributed by atoms with van der Waals surface area (Å²) >= 11 is 0. The van der Waals surface area contributed by atoms with Crippen molar-refractivity contribution < 1.29 is 14.7 Å². The van der Waals surface area contributed by atoms with E-state index in [1.54, 1.807) is 0 Å². The maximum Gasteiger partial charge on any atom is 0.325 e. The molecule has 1 aliphatic heterocycles. The van der Waals surface area contributed by atoms with Crippen LogP contribution < -0.4 is 5.32 Å². The standard InChI is InChI=1S/C14H18N2O3/c1-10(17)15-12-7-8-16(9-12)13(14(18)19)11-5-3-2-4-6-11/h2-6,12-13H,7-9H2,1H3,(H,15,17)(H,18,19). The summed E-state index contributed by atoms with van der Waals surface area (Å²) < 4.78 is 0. The van der Waals surface area contributed by atoms with Gasteiger partial charge in [0.1, 0.15) is 6.04 Å². The van der Waals surface area contributed by atoms with Crippen molar-refractivity contribution in [1.29, 1.82) is 0 Å². The Morgan fingerprint density at radius 1 is 1.37 bits per heavy atom. The largest absolute Gasteiger partial charge is 0.480 e. The highest BCUT2D eigenvalue weighted by molar-refractivity contribution is 5.76. The van der Waals surface area contributed by atoms with E-state index in [0.29, 0.717) is 13.1 Å². The molecule has 2 rings (SSSR count). The van der Waals surface area contributed by atoms with Crippen LogP contribution in [0.2, 0.25) is 0 Å². The molecule has 0 spiro atoms. The van der Waals surface area contributed by atoms with E-state index in [-0.39, 0.29) is 11.9 Å². The molecule has 0 aromatic heterocycles. The first kappa shape index (κ1) is 13.5. The van der Waals surface area contributed by atoms with E-state index in [9.17, 15) is 14.7 Å². The lowest BCUT2D eigenvalue weighted by molar-refractivity contribution is -0.143. The van der Waals surface area contributed by atoms with Crippen molar-refractivity contribution in [3.63, 3.8) is 0 Å². The number of likely N-dealkylation sites (tertiary alicyclic amines) is 1. The zero-order valence-corrected chi connectivity index (χ0v) is 10.9. The Bertz CT molecular complexity index is 461. The van der Waals surface area contributed by atoms with Crippen LogP contribution in [0.1, 0.15) is 24.9 Å². The van der Waals surface area contributed by atoms with Crippen LogP contribution in [0.5, 0.6) is 0 Å². The first-order valence-electron chi connectivity index (χ1n) is 6.37. The number of hydrogen-bond acceptors (Lipinski definition) is 3. The molecule has 0 bridgehead atoms. The van der Waals surface area contributed by atoms with Gasteiger partial charge in [-0.1, -0.05) is 30.3 Å². The van der Waals surface area contributed by atoms with Gasteiger partial charge in [0.2, 0.25) is 5.91 Å². The average molecular weight is 262 g/mol. The Kier molecular flexibility index (Phi) is 4.16. The Hall–Kier alpha value is -1.88. The quantitative estimate of drug-likeness (QED) is 0.850. The first-order valence-corrected chi connectivity index (χ1v) is 6.37. The summed E-state index contributed by atoms with van der Waals surface area (Å²) in [7, 11) is 0. The zero-order valence-electron chi connectivity index (χ0n) is 10.9. The van der Waals surface area contributed by atoms with Crippen LogP contribution in [-0.4, -0.2) is 41.0 Å². The minimum atomic E-state index is -0.852. The first-order chi connectivity index (χ1) is 9.08. The summed E-state index contributed by atoms with van der Waals surface area (Å²) in [4.78, 5) is 24.4. The van der Waals surface area contributed by atoms with Crippen LogP contribution in [0, 0.1) is 0 Å². The lowest BCUT2D eigenvalue weighted by Gasteiger charge is -2.24. The van der Waals surface area contributed by atoms with Gasteiger partial charge >= 0.3 is 5.97 Å². The number of rotatable bonds is 4. The van der Waals surface area contributed by atoms with Crippen molar-refractivity contribution in [3.8, 4) is 0 Å². The molecular formula is C14H18N2O3. The fraction of sp³-hybridized carbons (Fsp3) is 0.429. The third kappa shape index (κ3) is 3.32. The van der Waals surface area contributed by atoms with E-state index < -0.39 is 12.0 Å². The fourth-order valence-electron chi connectivity index (χ4n) is 2.57. The molecule has 5 heteroatoms. The molecule has 2 unspecified atom stereocenters. The van der Waals surface area contributed by atoms with Crippen molar-refractivity contribution in [1.82, 2.24) is 10.2 Å². The van der Waals surface area contributed by atoms with Gasteiger partial charge in [-0.25, -0.2) is 0 Å². The van der Waals surface area contributed by atoms with Crippen molar-refractivity contribution in [2.24, 2.45) is 0 Å². The number of carboxylic acids is 1. The number of aliphatic carboxylic acids is 1. The molecule has 2 N–H and O–H groups in total. The van der Waals surface area contributed by atoms with Crippen LogP contribution >= 0.6 is 0 Å². The minimum Gasteiger partial charge on any atom is -0.480 e. The van der Waals surface area contributed by atoms with E-state index >= 15 is 0 Å². The second-order valence-electron chi connectivity index (χ2n) is 4.83. The maximum absolute atomic E-state index is 11.5. The Balaban J connectivity index is 2.10. The molecule has 1 aliphatic rings. The van der Waals surface area contributed by atoms with Crippen LogP contribution in [0.25, 0.3) is 0 Å².